The van der Waals surface area contributed by atoms with E-state index in [9.17, 15) is 18.3 Å². The molecule has 7 heteroatoms. The van der Waals surface area contributed by atoms with Gasteiger partial charge in [0.2, 0.25) is 0 Å². The molecule has 2 N–H and O–H groups in total. The Labute approximate surface area is 161 Å². The van der Waals surface area contributed by atoms with Crippen LogP contribution in [0.3, 0.4) is 0 Å². The topological polar surface area (TPSA) is 44.7 Å². The van der Waals surface area contributed by atoms with Crippen LogP contribution in [-0.2, 0) is 6.18 Å². The SMILES string of the molecule is CC(C)(O)C1=CNC2c3cc(-c4ccc(C(F)(F)F)cc4)ccc3OCCN12. The average Bonchev–Trinajstić information content (AvgIpc) is 2.98. The number of nitrogens with zero attached hydrogens (tertiary/aromatic N) is 1. The molecule has 28 heavy (non-hydrogen) atoms. The molecule has 0 fully saturated rings. The highest BCUT2D eigenvalue weighted by molar-refractivity contribution is 5.66. The van der Waals surface area contributed by atoms with E-state index in [2.05, 4.69) is 10.2 Å². The molecule has 0 radical (unpaired) electrons. The highest BCUT2D eigenvalue weighted by Crippen LogP contribution is 2.40. The van der Waals surface area contributed by atoms with E-state index in [0.29, 0.717) is 18.7 Å². The lowest BCUT2D eigenvalue weighted by atomic mass is 9.99. The molecular formula is C21H21F3N2O2. The van der Waals surface area contributed by atoms with Gasteiger partial charge in [-0.15, -0.1) is 0 Å². The molecule has 2 aliphatic rings. The normalized spacial score (nSPS) is 19.1. The maximum atomic E-state index is 12.8. The molecule has 2 heterocycles. The van der Waals surface area contributed by atoms with Gasteiger partial charge in [-0.2, -0.15) is 13.2 Å². The van der Waals surface area contributed by atoms with E-state index in [1.807, 2.05) is 24.4 Å². The minimum Gasteiger partial charge on any atom is -0.491 e. The number of halogens is 3. The van der Waals surface area contributed by atoms with Crippen molar-refractivity contribution in [1.82, 2.24) is 10.2 Å². The van der Waals surface area contributed by atoms with E-state index < -0.39 is 17.3 Å². The molecule has 1 atom stereocenters. The molecule has 148 valence electrons. The monoisotopic (exact) mass is 390 g/mol. The fourth-order valence-electron chi connectivity index (χ4n) is 3.68. The molecule has 2 aromatic rings. The Bertz CT molecular complexity index is 915. The van der Waals surface area contributed by atoms with Crippen molar-refractivity contribution in [2.45, 2.75) is 31.8 Å². The summed E-state index contributed by atoms with van der Waals surface area (Å²) in [5.41, 5.74) is 1.48. The zero-order valence-electron chi connectivity index (χ0n) is 15.5. The van der Waals surface area contributed by atoms with Crippen molar-refractivity contribution in [2.24, 2.45) is 0 Å². The van der Waals surface area contributed by atoms with Crippen molar-refractivity contribution in [3.05, 3.63) is 65.5 Å². The van der Waals surface area contributed by atoms with Gasteiger partial charge in [0.1, 0.15) is 24.1 Å². The Morgan fingerprint density at radius 1 is 1.07 bits per heavy atom. The molecule has 0 saturated heterocycles. The maximum absolute atomic E-state index is 12.8. The number of ether oxygens (including phenoxy) is 1. The highest BCUT2D eigenvalue weighted by Gasteiger charge is 2.37. The fraction of sp³-hybridized carbons (Fsp3) is 0.333. The largest absolute Gasteiger partial charge is 0.491 e. The van der Waals surface area contributed by atoms with Gasteiger partial charge in [0, 0.05) is 11.8 Å². The predicted molar refractivity (Wildman–Crippen MR) is 99.3 cm³/mol. The van der Waals surface area contributed by atoms with Gasteiger partial charge >= 0.3 is 6.18 Å². The van der Waals surface area contributed by atoms with Crippen molar-refractivity contribution in [1.29, 1.82) is 0 Å². The third-order valence-corrected chi connectivity index (χ3v) is 5.07. The minimum atomic E-state index is -4.35. The molecule has 0 aliphatic carbocycles. The first-order chi connectivity index (χ1) is 13.1. The smallest absolute Gasteiger partial charge is 0.416 e. The molecule has 4 rings (SSSR count). The molecule has 4 nitrogen and oxygen atoms in total. The van der Waals surface area contributed by atoms with Crippen LogP contribution >= 0.6 is 0 Å². The Kier molecular flexibility index (Phi) is 4.30. The molecule has 1 unspecified atom stereocenters. The second-order valence-electron chi connectivity index (χ2n) is 7.53. The van der Waals surface area contributed by atoms with Gasteiger partial charge in [-0.25, -0.2) is 0 Å². The Hall–Kier alpha value is -2.67. The molecule has 0 amide bonds. The van der Waals surface area contributed by atoms with Gasteiger partial charge in [-0.1, -0.05) is 18.2 Å². The van der Waals surface area contributed by atoms with E-state index in [0.717, 1.165) is 34.7 Å². The van der Waals surface area contributed by atoms with E-state index in [1.165, 1.54) is 12.1 Å². The van der Waals surface area contributed by atoms with E-state index in [-0.39, 0.29) is 6.17 Å². The van der Waals surface area contributed by atoms with E-state index >= 15 is 0 Å². The number of fused-ring (bicyclic) bond motifs is 3. The van der Waals surface area contributed by atoms with Crippen molar-refractivity contribution >= 4 is 0 Å². The van der Waals surface area contributed by atoms with Crippen molar-refractivity contribution in [2.75, 3.05) is 13.2 Å². The molecule has 2 aliphatic heterocycles. The molecule has 0 saturated carbocycles. The summed E-state index contributed by atoms with van der Waals surface area (Å²) in [4.78, 5) is 2.06. The molecule has 0 aromatic heterocycles. The Morgan fingerprint density at radius 2 is 1.75 bits per heavy atom. The minimum absolute atomic E-state index is 0.201. The second kappa shape index (κ2) is 6.44. The van der Waals surface area contributed by atoms with Crippen molar-refractivity contribution < 1.29 is 23.0 Å². The van der Waals surface area contributed by atoms with Gasteiger partial charge in [-0.05, 0) is 49.2 Å². The first-order valence-electron chi connectivity index (χ1n) is 9.05. The third kappa shape index (κ3) is 3.30. The zero-order valence-corrected chi connectivity index (χ0v) is 15.5. The Balaban J connectivity index is 1.69. The van der Waals surface area contributed by atoms with Crippen molar-refractivity contribution in [3.8, 4) is 16.9 Å². The molecule has 0 spiro atoms. The summed E-state index contributed by atoms with van der Waals surface area (Å²) in [6.07, 6.45) is -2.74. The first kappa shape index (κ1) is 18.7. The fourth-order valence-corrected chi connectivity index (χ4v) is 3.68. The molecular weight excluding hydrogens is 369 g/mol. The number of nitrogens with one attached hydrogen (secondary N) is 1. The van der Waals surface area contributed by atoms with Gasteiger partial charge in [0.05, 0.1) is 17.8 Å². The van der Waals surface area contributed by atoms with Gasteiger partial charge in [0.25, 0.3) is 0 Å². The zero-order chi connectivity index (χ0) is 20.1. The van der Waals surface area contributed by atoms with E-state index in [1.54, 1.807) is 13.8 Å². The summed E-state index contributed by atoms with van der Waals surface area (Å²) < 4.78 is 44.3. The summed E-state index contributed by atoms with van der Waals surface area (Å²) in [6, 6.07) is 10.7. The van der Waals surface area contributed by atoms with E-state index in [4.69, 9.17) is 4.74 Å². The lowest BCUT2D eigenvalue weighted by Crippen LogP contribution is -2.37. The molecule has 2 aromatic carbocycles. The van der Waals surface area contributed by atoms with Crippen LogP contribution in [0.15, 0.2) is 54.4 Å². The second-order valence-corrected chi connectivity index (χ2v) is 7.53. The van der Waals surface area contributed by atoms with Crippen LogP contribution in [0.4, 0.5) is 13.2 Å². The summed E-state index contributed by atoms with van der Waals surface area (Å²) in [7, 11) is 0. The Morgan fingerprint density at radius 3 is 2.39 bits per heavy atom. The number of alkyl halides is 3. The lowest BCUT2D eigenvalue weighted by Gasteiger charge is -2.32. The number of benzene rings is 2. The van der Waals surface area contributed by atoms with Gasteiger partial charge < -0.3 is 20.1 Å². The van der Waals surface area contributed by atoms with Crippen LogP contribution in [0.2, 0.25) is 0 Å². The van der Waals surface area contributed by atoms with Crippen LogP contribution in [0, 0.1) is 0 Å². The summed E-state index contributed by atoms with van der Waals surface area (Å²) in [5, 5.41) is 13.7. The lowest BCUT2D eigenvalue weighted by molar-refractivity contribution is -0.137. The van der Waals surface area contributed by atoms with Gasteiger partial charge in [0.15, 0.2) is 0 Å². The number of hydrogen-bond acceptors (Lipinski definition) is 4. The van der Waals surface area contributed by atoms with Crippen molar-refractivity contribution in [3.63, 3.8) is 0 Å². The maximum Gasteiger partial charge on any atom is 0.416 e. The number of rotatable bonds is 2. The summed E-state index contributed by atoms with van der Waals surface area (Å²) >= 11 is 0. The summed E-state index contributed by atoms with van der Waals surface area (Å²) in [5.74, 6) is 0.723. The van der Waals surface area contributed by atoms with Gasteiger partial charge in [-0.3, -0.25) is 0 Å². The number of aliphatic hydroxyl groups is 1. The third-order valence-electron chi connectivity index (χ3n) is 5.07. The van der Waals surface area contributed by atoms with Crippen LogP contribution in [0.1, 0.15) is 31.1 Å². The predicted octanol–water partition coefficient (Wildman–Crippen LogP) is 4.28. The van der Waals surface area contributed by atoms with Crippen LogP contribution in [-0.4, -0.2) is 28.8 Å². The average molecular weight is 390 g/mol. The van der Waals surface area contributed by atoms with Crippen LogP contribution in [0.5, 0.6) is 5.75 Å². The van der Waals surface area contributed by atoms with Crippen LogP contribution < -0.4 is 10.1 Å². The standard InChI is InChI=1S/C21H21F3N2O2/c1-20(2,27)18-12-25-19-16-11-14(5-8-17(16)28-10-9-26(18)19)13-3-6-15(7-4-13)21(22,23)24/h3-8,11-12,19,25,27H,9-10H2,1-2H3. The first-order valence-corrected chi connectivity index (χ1v) is 9.05. The number of hydrogen-bond donors (Lipinski definition) is 2. The highest BCUT2D eigenvalue weighted by atomic mass is 19.4. The molecule has 0 bridgehead atoms. The quantitative estimate of drug-likeness (QED) is 0.804. The summed E-state index contributed by atoms with van der Waals surface area (Å²) in [6.45, 7) is 4.54. The van der Waals surface area contributed by atoms with Crippen LogP contribution in [0.25, 0.3) is 11.1 Å².